The van der Waals surface area contributed by atoms with Crippen molar-refractivity contribution in [3.63, 3.8) is 0 Å². The molecule has 0 bridgehead atoms. The van der Waals surface area contributed by atoms with Gasteiger partial charge in [0, 0.05) is 13.0 Å². The summed E-state index contributed by atoms with van der Waals surface area (Å²) in [6, 6.07) is 0. The van der Waals surface area contributed by atoms with Crippen LogP contribution in [-0.2, 0) is 14.3 Å². The van der Waals surface area contributed by atoms with E-state index in [1.807, 2.05) is 6.92 Å². The molecular formula is C10H15NO3. The smallest absolute Gasteiger partial charge is 0.354 e. The van der Waals surface area contributed by atoms with Crippen molar-refractivity contribution in [3.8, 4) is 0 Å². The van der Waals surface area contributed by atoms with Crippen LogP contribution in [-0.4, -0.2) is 29.9 Å². The lowest BCUT2D eigenvalue weighted by Crippen LogP contribution is -2.29. The minimum Gasteiger partial charge on any atom is -0.461 e. The number of likely N-dealkylation sites (tertiary alicyclic amines) is 1. The van der Waals surface area contributed by atoms with Gasteiger partial charge in [0.2, 0.25) is 5.91 Å². The third kappa shape index (κ3) is 2.34. The second-order valence-electron chi connectivity index (χ2n) is 3.23. The molecule has 0 aliphatic carbocycles. The van der Waals surface area contributed by atoms with Crippen LogP contribution >= 0.6 is 0 Å². The van der Waals surface area contributed by atoms with E-state index in [1.54, 1.807) is 0 Å². The molecule has 1 fully saturated rings. The summed E-state index contributed by atoms with van der Waals surface area (Å²) in [5.74, 6) is -0.523. The number of ether oxygens (including phenoxy) is 1. The van der Waals surface area contributed by atoms with E-state index in [-0.39, 0.29) is 11.6 Å². The molecule has 1 aliphatic rings. The zero-order chi connectivity index (χ0) is 10.6. The van der Waals surface area contributed by atoms with Crippen molar-refractivity contribution < 1.29 is 14.3 Å². The normalized spacial score (nSPS) is 15.8. The first-order valence-electron chi connectivity index (χ1n) is 4.83. The predicted molar refractivity (Wildman–Crippen MR) is 51.3 cm³/mol. The van der Waals surface area contributed by atoms with Crippen LogP contribution in [0.25, 0.3) is 0 Å². The number of carbonyl (C=O) groups is 2. The van der Waals surface area contributed by atoms with Crippen LogP contribution in [0.3, 0.4) is 0 Å². The van der Waals surface area contributed by atoms with Crippen LogP contribution in [0.15, 0.2) is 12.3 Å². The predicted octanol–water partition coefficient (Wildman–Crippen LogP) is 1.08. The van der Waals surface area contributed by atoms with E-state index in [0.717, 1.165) is 12.8 Å². The van der Waals surface area contributed by atoms with Crippen LogP contribution < -0.4 is 0 Å². The molecule has 0 saturated carbocycles. The van der Waals surface area contributed by atoms with Gasteiger partial charge in [0.15, 0.2) is 0 Å². The Balaban J connectivity index is 2.47. The average Bonchev–Trinajstić information content (AvgIpc) is 2.59. The molecule has 1 aliphatic heterocycles. The van der Waals surface area contributed by atoms with Crippen molar-refractivity contribution >= 4 is 11.9 Å². The van der Waals surface area contributed by atoms with Gasteiger partial charge in [-0.1, -0.05) is 13.5 Å². The Kier molecular flexibility index (Phi) is 3.68. The number of rotatable bonds is 4. The molecule has 4 nitrogen and oxygen atoms in total. The lowest BCUT2D eigenvalue weighted by atomic mass is 10.4. The average molecular weight is 197 g/mol. The largest absolute Gasteiger partial charge is 0.461 e. The Morgan fingerprint density at radius 1 is 1.64 bits per heavy atom. The topological polar surface area (TPSA) is 46.6 Å². The van der Waals surface area contributed by atoms with Gasteiger partial charge in [0.1, 0.15) is 5.70 Å². The molecule has 0 aromatic rings. The Labute approximate surface area is 83.5 Å². The van der Waals surface area contributed by atoms with E-state index in [2.05, 4.69) is 6.58 Å². The highest BCUT2D eigenvalue weighted by molar-refractivity contribution is 5.94. The first-order valence-corrected chi connectivity index (χ1v) is 4.83. The molecule has 1 heterocycles. The lowest BCUT2D eigenvalue weighted by molar-refractivity contribution is -0.143. The van der Waals surface area contributed by atoms with Crippen molar-refractivity contribution in [2.24, 2.45) is 0 Å². The minimum atomic E-state index is -0.484. The summed E-state index contributed by atoms with van der Waals surface area (Å²) in [6.07, 6.45) is 2.06. The molecule has 0 aromatic heterocycles. The summed E-state index contributed by atoms with van der Waals surface area (Å²) < 4.78 is 4.88. The zero-order valence-electron chi connectivity index (χ0n) is 8.41. The van der Waals surface area contributed by atoms with Gasteiger partial charge in [-0.2, -0.15) is 0 Å². The van der Waals surface area contributed by atoms with Crippen molar-refractivity contribution in [3.05, 3.63) is 12.3 Å². The fourth-order valence-corrected chi connectivity index (χ4v) is 1.32. The van der Waals surface area contributed by atoms with Crippen molar-refractivity contribution in [1.82, 2.24) is 4.90 Å². The second-order valence-corrected chi connectivity index (χ2v) is 3.23. The van der Waals surface area contributed by atoms with Crippen LogP contribution in [0, 0.1) is 0 Å². The van der Waals surface area contributed by atoms with Gasteiger partial charge < -0.3 is 9.64 Å². The van der Waals surface area contributed by atoms with Gasteiger partial charge in [0.25, 0.3) is 0 Å². The molecule has 0 unspecified atom stereocenters. The molecular weight excluding hydrogens is 182 g/mol. The maximum atomic E-state index is 11.3. The highest BCUT2D eigenvalue weighted by Gasteiger charge is 2.26. The fraction of sp³-hybridized carbons (Fsp3) is 0.600. The quantitative estimate of drug-likeness (QED) is 0.500. The van der Waals surface area contributed by atoms with E-state index in [9.17, 15) is 9.59 Å². The van der Waals surface area contributed by atoms with Crippen LogP contribution in [0.5, 0.6) is 0 Å². The summed E-state index contributed by atoms with van der Waals surface area (Å²) in [5.41, 5.74) is 0.168. The van der Waals surface area contributed by atoms with E-state index in [0.29, 0.717) is 19.6 Å². The fourth-order valence-electron chi connectivity index (χ4n) is 1.32. The van der Waals surface area contributed by atoms with E-state index in [1.165, 1.54) is 4.90 Å². The molecule has 0 N–H and O–H groups in total. The summed E-state index contributed by atoms with van der Waals surface area (Å²) in [5, 5.41) is 0. The van der Waals surface area contributed by atoms with Gasteiger partial charge in [-0.25, -0.2) is 4.79 Å². The highest BCUT2D eigenvalue weighted by Crippen LogP contribution is 2.15. The molecule has 1 amide bonds. The summed E-state index contributed by atoms with van der Waals surface area (Å²) in [6.45, 7) is 6.44. The number of hydrogen-bond donors (Lipinski definition) is 0. The Hall–Kier alpha value is -1.32. The molecule has 1 rings (SSSR count). The molecule has 0 spiro atoms. The molecule has 14 heavy (non-hydrogen) atoms. The zero-order valence-corrected chi connectivity index (χ0v) is 8.41. The van der Waals surface area contributed by atoms with Crippen LogP contribution in [0.2, 0.25) is 0 Å². The molecule has 78 valence electrons. The Bertz CT molecular complexity index is 260. The molecule has 0 aromatic carbocycles. The molecule has 0 atom stereocenters. The Morgan fingerprint density at radius 2 is 2.36 bits per heavy atom. The first-order chi connectivity index (χ1) is 6.66. The first kappa shape index (κ1) is 10.8. The van der Waals surface area contributed by atoms with Crippen LogP contribution in [0.4, 0.5) is 0 Å². The van der Waals surface area contributed by atoms with Crippen LogP contribution in [0.1, 0.15) is 26.2 Å². The van der Waals surface area contributed by atoms with E-state index >= 15 is 0 Å². The number of hydrogen-bond acceptors (Lipinski definition) is 3. The van der Waals surface area contributed by atoms with Gasteiger partial charge in [-0.15, -0.1) is 0 Å². The Morgan fingerprint density at radius 3 is 2.86 bits per heavy atom. The number of amides is 1. The molecule has 4 heteroatoms. The van der Waals surface area contributed by atoms with Gasteiger partial charge in [0.05, 0.1) is 6.61 Å². The van der Waals surface area contributed by atoms with E-state index in [4.69, 9.17) is 4.74 Å². The standard InChI is InChI=1S/C10H15NO3/c1-3-7-14-10(13)8(2)11-6-4-5-9(11)12/h2-7H2,1H3. The van der Waals surface area contributed by atoms with Crippen molar-refractivity contribution in [1.29, 1.82) is 0 Å². The second kappa shape index (κ2) is 4.79. The highest BCUT2D eigenvalue weighted by atomic mass is 16.5. The summed E-state index contributed by atoms with van der Waals surface area (Å²) in [4.78, 5) is 24.0. The van der Waals surface area contributed by atoms with Gasteiger partial charge >= 0.3 is 5.97 Å². The lowest BCUT2D eigenvalue weighted by Gasteiger charge is -2.16. The third-order valence-electron chi connectivity index (χ3n) is 2.07. The van der Waals surface area contributed by atoms with Gasteiger partial charge in [-0.05, 0) is 12.8 Å². The SMILES string of the molecule is C=C(C(=O)OCCC)N1CCCC1=O. The molecule has 1 saturated heterocycles. The van der Waals surface area contributed by atoms with Crippen molar-refractivity contribution in [2.75, 3.05) is 13.2 Å². The maximum absolute atomic E-state index is 11.3. The van der Waals surface area contributed by atoms with Crippen molar-refractivity contribution in [2.45, 2.75) is 26.2 Å². The van der Waals surface area contributed by atoms with Gasteiger partial charge in [-0.3, -0.25) is 4.79 Å². The third-order valence-corrected chi connectivity index (χ3v) is 2.07. The monoisotopic (exact) mass is 197 g/mol. The maximum Gasteiger partial charge on any atom is 0.354 e. The molecule has 0 radical (unpaired) electrons. The minimum absolute atomic E-state index is 0.0385. The number of carbonyl (C=O) groups excluding carboxylic acids is 2. The summed E-state index contributed by atoms with van der Waals surface area (Å²) in [7, 11) is 0. The number of esters is 1. The van der Waals surface area contributed by atoms with E-state index < -0.39 is 5.97 Å². The summed E-state index contributed by atoms with van der Waals surface area (Å²) >= 11 is 0. The number of nitrogens with zero attached hydrogens (tertiary/aromatic N) is 1.